The Morgan fingerprint density at radius 1 is 0.644 bits per heavy atom. The third kappa shape index (κ3) is 9.03. The molecule has 0 aromatic heterocycles. The topological polar surface area (TPSA) is 90.4 Å². The standard InChI is InChI=1S/C37H41N3O5/c1-38(2)25-26-40(27-28-13-5-4-6-14-28)37(44)33-19-11-9-17-31(33)30-16-8-10-18-32(30)36(43)39(24-22-35(41)42)23-21-29-15-7-12-20-34(29)45-3/h4-20H,21-27H2,1-3H3,(H,41,42). The lowest BCUT2D eigenvalue weighted by Gasteiger charge is -2.27. The van der Waals surface area contributed by atoms with Gasteiger partial charge in [-0.2, -0.15) is 0 Å². The van der Waals surface area contributed by atoms with Crippen LogP contribution in [0, 0.1) is 0 Å². The molecule has 1 N–H and O–H groups in total. The molecule has 8 nitrogen and oxygen atoms in total. The van der Waals surface area contributed by atoms with Gasteiger partial charge in [0.05, 0.1) is 13.5 Å². The van der Waals surface area contributed by atoms with Gasteiger partial charge in [0.1, 0.15) is 5.75 Å². The molecule has 0 atom stereocenters. The van der Waals surface area contributed by atoms with Gasteiger partial charge in [0.2, 0.25) is 0 Å². The maximum Gasteiger partial charge on any atom is 0.305 e. The molecule has 4 aromatic rings. The molecule has 0 saturated carbocycles. The highest BCUT2D eigenvalue weighted by molar-refractivity contribution is 6.06. The van der Waals surface area contributed by atoms with Gasteiger partial charge in [-0.1, -0.05) is 84.9 Å². The fraction of sp³-hybridized carbons (Fsp3) is 0.270. The second-order valence-corrected chi connectivity index (χ2v) is 11.1. The van der Waals surface area contributed by atoms with Crippen LogP contribution < -0.4 is 4.74 Å². The van der Waals surface area contributed by atoms with Gasteiger partial charge in [0.25, 0.3) is 11.8 Å². The summed E-state index contributed by atoms with van der Waals surface area (Å²) in [5, 5.41) is 9.44. The molecule has 0 radical (unpaired) electrons. The minimum Gasteiger partial charge on any atom is -0.496 e. The average molecular weight is 608 g/mol. The van der Waals surface area contributed by atoms with Gasteiger partial charge < -0.3 is 24.5 Å². The molecule has 0 aliphatic heterocycles. The molecule has 0 saturated heterocycles. The van der Waals surface area contributed by atoms with Crippen molar-refractivity contribution in [3.8, 4) is 16.9 Å². The van der Waals surface area contributed by atoms with Crippen molar-refractivity contribution in [3.05, 3.63) is 125 Å². The van der Waals surface area contributed by atoms with Crippen LogP contribution in [0.25, 0.3) is 11.1 Å². The third-order valence-corrected chi connectivity index (χ3v) is 7.65. The van der Waals surface area contributed by atoms with E-state index in [0.717, 1.165) is 11.1 Å². The third-order valence-electron chi connectivity index (χ3n) is 7.65. The van der Waals surface area contributed by atoms with Crippen molar-refractivity contribution in [2.24, 2.45) is 0 Å². The summed E-state index contributed by atoms with van der Waals surface area (Å²) in [4.78, 5) is 45.4. The van der Waals surface area contributed by atoms with E-state index in [1.54, 1.807) is 30.2 Å². The molecule has 0 spiro atoms. The van der Waals surface area contributed by atoms with E-state index < -0.39 is 5.97 Å². The molecular weight excluding hydrogens is 566 g/mol. The summed E-state index contributed by atoms with van der Waals surface area (Å²) in [7, 11) is 5.55. The molecule has 0 aliphatic rings. The fourth-order valence-electron chi connectivity index (χ4n) is 5.24. The van der Waals surface area contributed by atoms with Crippen LogP contribution in [0.5, 0.6) is 5.75 Å². The quantitative estimate of drug-likeness (QED) is 0.186. The van der Waals surface area contributed by atoms with E-state index in [4.69, 9.17) is 4.74 Å². The number of methoxy groups -OCH3 is 1. The number of carbonyl (C=O) groups is 3. The normalized spacial score (nSPS) is 10.8. The van der Waals surface area contributed by atoms with Gasteiger partial charge >= 0.3 is 5.97 Å². The maximum atomic E-state index is 14.2. The highest BCUT2D eigenvalue weighted by Crippen LogP contribution is 2.30. The number of hydrogen-bond acceptors (Lipinski definition) is 5. The Hall–Kier alpha value is -4.95. The van der Waals surface area contributed by atoms with Gasteiger partial charge in [-0.05, 0) is 61.0 Å². The Morgan fingerprint density at radius 2 is 1.20 bits per heavy atom. The number of para-hydroxylation sites is 1. The number of ether oxygens (including phenoxy) is 1. The Morgan fingerprint density at radius 3 is 1.80 bits per heavy atom. The van der Waals surface area contributed by atoms with Crippen LogP contribution in [-0.2, 0) is 17.8 Å². The Kier molecular flexibility index (Phi) is 11.9. The summed E-state index contributed by atoms with van der Waals surface area (Å²) in [5.41, 5.74) is 4.13. The van der Waals surface area contributed by atoms with Crippen molar-refractivity contribution in [1.82, 2.24) is 14.7 Å². The number of likely N-dealkylation sites (N-methyl/N-ethyl adjacent to an activating group) is 1. The van der Waals surface area contributed by atoms with E-state index in [0.29, 0.717) is 60.6 Å². The highest BCUT2D eigenvalue weighted by Gasteiger charge is 2.25. The van der Waals surface area contributed by atoms with Crippen molar-refractivity contribution in [3.63, 3.8) is 0 Å². The molecule has 0 unspecified atom stereocenters. The zero-order valence-electron chi connectivity index (χ0n) is 26.2. The van der Waals surface area contributed by atoms with Crippen LogP contribution in [0.1, 0.15) is 38.3 Å². The molecule has 8 heteroatoms. The lowest BCUT2D eigenvalue weighted by Crippen LogP contribution is -2.36. The minimum absolute atomic E-state index is 0.0492. The molecule has 234 valence electrons. The number of amides is 2. The zero-order chi connectivity index (χ0) is 32.2. The number of nitrogens with zero attached hydrogens (tertiary/aromatic N) is 3. The first kappa shape index (κ1) is 33.0. The molecule has 0 aliphatic carbocycles. The van der Waals surface area contributed by atoms with E-state index >= 15 is 0 Å². The predicted octanol–water partition coefficient (Wildman–Crippen LogP) is 5.73. The summed E-state index contributed by atoms with van der Waals surface area (Å²) < 4.78 is 5.48. The second-order valence-electron chi connectivity index (χ2n) is 11.1. The van der Waals surface area contributed by atoms with E-state index in [1.807, 2.05) is 109 Å². The second kappa shape index (κ2) is 16.2. The summed E-state index contributed by atoms with van der Waals surface area (Å²) in [6, 6.07) is 32.1. The number of carbonyl (C=O) groups excluding carboxylic acids is 2. The number of carboxylic acids is 1. The first-order valence-corrected chi connectivity index (χ1v) is 15.1. The number of hydrogen-bond donors (Lipinski definition) is 1. The molecule has 0 fully saturated rings. The molecule has 45 heavy (non-hydrogen) atoms. The first-order valence-electron chi connectivity index (χ1n) is 15.1. The van der Waals surface area contributed by atoms with Crippen LogP contribution in [0.4, 0.5) is 0 Å². The summed E-state index contributed by atoms with van der Waals surface area (Å²) in [6.07, 6.45) is 0.308. The largest absolute Gasteiger partial charge is 0.496 e. The summed E-state index contributed by atoms with van der Waals surface area (Å²) in [6.45, 7) is 2.03. The SMILES string of the molecule is COc1ccccc1CCN(CCC(=O)O)C(=O)c1ccccc1-c1ccccc1C(=O)N(CCN(C)C)Cc1ccccc1. The van der Waals surface area contributed by atoms with E-state index in [-0.39, 0.29) is 24.8 Å². The van der Waals surface area contributed by atoms with E-state index in [9.17, 15) is 19.5 Å². The number of benzene rings is 4. The van der Waals surface area contributed by atoms with Crippen LogP contribution >= 0.6 is 0 Å². The van der Waals surface area contributed by atoms with Crippen LogP contribution in [0.15, 0.2) is 103 Å². The number of rotatable bonds is 15. The fourth-order valence-corrected chi connectivity index (χ4v) is 5.24. The molecule has 4 aromatic carbocycles. The monoisotopic (exact) mass is 607 g/mol. The Balaban J connectivity index is 1.68. The van der Waals surface area contributed by atoms with E-state index in [2.05, 4.69) is 0 Å². The van der Waals surface area contributed by atoms with Crippen molar-refractivity contribution >= 4 is 17.8 Å². The lowest BCUT2D eigenvalue weighted by atomic mass is 9.93. The molecule has 2 amide bonds. The molecular formula is C37H41N3O5. The van der Waals surface area contributed by atoms with Crippen molar-refractivity contribution in [2.75, 3.05) is 47.4 Å². The minimum atomic E-state index is -0.981. The maximum absolute atomic E-state index is 14.2. The first-order chi connectivity index (χ1) is 21.8. The highest BCUT2D eigenvalue weighted by atomic mass is 16.5. The number of carboxylic acid groups (broad SMARTS) is 1. The zero-order valence-corrected chi connectivity index (χ0v) is 26.2. The van der Waals surface area contributed by atoms with Gasteiger partial charge in [0.15, 0.2) is 0 Å². The van der Waals surface area contributed by atoms with E-state index in [1.165, 1.54) is 0 Å². The van der Waals surface area contributed by atoms with Crippen LogP contribution in [0.3, 0.4) is 0 Å². The predicted molar refractivity (Wildman–Crippen MR) is 176 cm³/mol. The summed E-state index contributed by atoms with van der Waals surface area (Å²) in [5.74, 6) is -0.689. The Labute approximate surface area is 265 Å². The van der Waals surface area contributed by atoms with Gasteiger partial charge in [-0.25, -0.2) is 0 Å². The lowest BCUT2D eigenvalue weighted by molar-refractivity contribution is -0.137. The van der Waals surface area contributed by atoms with Crippen LogP contribution in [-0.4, -0.2) is 85.0 Å². The Bertz CT molecular complexity index is 1590. The number of aliphatic carboxylic acids is 1. The van der Waals surface area contributed by atoms with Crippen molar-refractivity contribution in [1.29, 1.82) is 0 Å². The van der Waals surface area contributed by atoms with Crippen molar-refractivity contribution in [2.45, 2.75) is 19.4 Å². The van der Waals surface area contributed by atoms with Gasteiger partial charge in [-0.15, -0.1) is 0 Å². The smallest absolute Gasteiger partial charge is 0.305 e. The van der Waals surface area contributed by atoms with Gasteiger partial charge in [0, 0.05) is 43.9 Å². The van der Waals surface area contributed by atoms with Crippen molar-refractivity contribution < 1.29 is 24.2 Å². The molecule has 4 rings (SSSR count). The van der Waals surface area contributed by atoms with Gasteiger partial charge in [-0.3, -0.25) is 14.4 Å². The van der Waals surface area contributed by atoms with Crippen LogP contribution in [0.2, 0.25) is 0 Å². The molecule has 0 heterocycles. The average Bonchev–Trinajstić information content (AvgIpc) is 3.06. The summed E-state index contributed by atoms with van der Waals surface area (Å²) >= 11 is 0. The molecule has 0 bridgehead atoms.